The summed E-state index contributed by atoms with van der Waals surface area (Å²) < 4.78 is 10.9. The van der Waals surface area contributed by atoms with E-state index in [1.807, 2.05) is 0 Å². The molecule has 1 aliphatic carbocycles. The van der Waals surface area contributed by atoms with Gasteiger partial charge in [-0.05, 0) is 25.7 Å². The first-order valence-corrected chi connectivity index (χ1v) is 6.16. The van der Waals surface area contributed by atoms with E-state index in [9.17, 15) is 9.59 Å². The van der Waals surface area contributed by atoms with Crippen molar-refractivity contribution in [2.24, 2.45) is 5.41 Å². The number of unbranched alkanes of at least 4 members (excludes halogenated alkanes) is 1. The summed E-state index contributed by atoms with van der Waals surface area (Å²) in [5.74, 6) is -0.625. The molecule has 0 aromatic rings. The molecule has 0 bridgehead atoms. The van der Waals surface area contributed by atoms with Gasteiger partial charge in [0.1, 0.15) is 12.6 Å². The maximum Gasteiger partial charge on any atom is 0.168 e. The summed E-state index contributed by atoms with van der Waals surface area (Å²) in [6, 6.07) is 0. The van der Waals surface area contributed by atoms with Crippen molar-refractivity contribution in [2.75, 3.05) is 14.2 Å². The largest absolute Gasteiger partial charge is 0.353 e. The fraction of sp³-hybridized carbons (Fsp3) is 0.846. The van der Waals surface area contributed by atoms with E-state index >= 15 is 0 Å². The number of methoxy groups -OCH3 is 2. The molecule has 0 aliphatic heterocycles. The molecule has 0 heterocycles. The molecule has 0 N–H and O–H groups in total. The van der Waals surface area contributed by atoms with Crippen LogP contribution >= 0.6 is 0 Å². The van der Waals surface area contributed by atoms with Crippen LogP contribution in [0.5, 0.6) is 0 Å². The molecule has 0 aromatic heterocycles. The van der Waals surface area contributed by atoms with Gasteiger partial charge in [-0.15, -0.1) is 0 Å². The van der Waals surface area contributed by atoms with E-state index in [-0.39, 0.29) is 5.41 Å². The smallest absolute Gasteiger partial charge is 0.168 e. The van der Waals surface area contributed by atoms with Gasteiger partial charge in [-0.3, -0.25) is 0 Å². The van der Waals surface area contributed by atoms with Crippen LogP contribution in [0.2, 0.25) is 0 Å². The second-order valence-corrected chi connectivity index (χ2v) is 4.89. The Morgan fingerprint density at radius 1 is 1.18 bits per heavy atom. The molecule has 98 valence electrons. The van der Waals surface area contributed by atoms with Crippen LogP contribution in [0.15, 0.2) is 0 Å². The van der Waals surface area contributed by atoms with Gasteiger partial charge in [0.05, 0.1) is 0 Å². The third-order valence-electron chi connectivity index (χ3n) is 3.84. The Bertz CT molecular complexity index is 260. The van der Waals surface area contributed by atoms with Crippen molar-refractivity contribution >= 4 is 12.6 Å². The molecular formula is C13H22O4. The Hall–Kier alpha value is -0.740. The van der Waals surface area contributed by atoms with Crippen molar-refractivity contribution in [3.05, 3.63) is 0 Å². The van der Waals surface area contributed by atoms with Gasteiger partial charge < -0.3 is 19.1 Å². The van der Waals surface area contributed by atoms with Gasteiger partial charge >= 0.3 is 0 Å². The molecule has 0 amide bonds. The summed E-state index contributed by atoms with van der Waals surface area (Å²) in [5.41, 5.74) is -0.382. The third-order valence-corrected chi connectivity index (χ3v) is 3.84. The van der Waals surface area contributed by atoms with Gasteiger partial charge in [0, 0.05) is 38.9 Å². The highest BCUT2D eigenvalue weighted by Crippen LogP contribution is 2.45. The Labute approximate surface area is 103 Å². The molecule has 1 saturated carbocycles. The molecule has 4 heteroatoms. The summed E-state index contributed by atoms with van der Waals surface area (Å²) in [4.78, 5) is 21.7. The van der Waals surface area contributed by atoms with Crippen molar-refractivity contribution in [1.29, 1.82) is 0 Å². The molecule has 17 heavy (non-hydrogen) atoms. The molecule has 1 aliphatic rings. The molecule has 1 rings (SSSR count). The maximum atomic E-state index is 11.4. The number of ether oxygens (including phenoxy) is 2. The lowest BCUT2D eigenvalue weighted by Crippen LogP contribution is -2.45. The first kappa shape index (κ1) is 14.3. The second kappa shape index (κ2) is 6.26. The normalized spacial score (nSPS) is 27.6. The Morgan fingerprint density at radius 3 is 2.41 bits per heavy atom. The molecule has 1 fully saturated rings. The molecular weight excluding hydrogens is 220 g/mol. The third kappa shape index (κ3) is 3.36. The standard InChI is InChI=1S/C13H22O4/c1-16-13(17-2)8-5-7-12(10-13,11-15)6-3-4-9-14/h9,11H,3-8,10H2,1-2H3/t12-/m0/s1. The van der Waals surface area contributed by atoms with E-state index in [2.05, 4.69) is 0 Å². The lowest BCUT2D eigenvalue weighted by atomic mass is 9.69. The minimum absolute atomic E-state index is 0.382. The average Bonchev–Trinajstić information content (AvgIpc) is 2.39. The quantitative estimate of drug-likeness (QED) is 0.390. The van der Waals surface area contributed by atoms with Crippen LogP contribution in [0, 0.1) is 5.41 Å². The topological polar surface area (TPSA) is 52.6 Å². The van der Waals surface area contributed by atoms with Crippen LogP contribution in [0.4, 0.5) is 0 Å². The summed E-state index contributed by atoms with van der Waals surface area (Å²) >= 11 is 0. The number of hydrogen-bond donors (Lipinski definition) is 0. The Kier molecular flexibility index (Phi) is 5.28. The van der Waals surface area contributed by atoms with Crippen LogP contribution in [-0.4, -0.2) is 32.6 Å². The maximum absolute atomic E-state index is 11.4. The van der Waals surface area contributed by atoms with Gasteiger partial charge in [0.15, 0.2) is 5.79 Å². The highest BCUT2D eigenvalue weighted by molar-refractivity contribution is 5.60. The second-order valence-electron chi connectivity index (χ2n) is 4.89. The van der Waals surface area contributed by atoms with Crippen molar-refractivity contribution in [1.82, 2.24) is 0 Å². The number of aldehydes is 2. The SMILES string of the molecule is COC1(OC)CCC[C@@](C=O)(CCCC=O)C1. The van der Waals surface area contributed by atoms with Crippen LogP contribution in [-0.2, 0) is 19.1 Å². The van der Waals surface area contributed by atoms with E-state index in [1.165, 1.54) is 0 Å². The van der Waals surface area contributed by atoms with Crippen LogP contribution in [0.3, 0.4) is 0 Å². The summed E-state index contributed by atoms with van der Waals surface area (Å²) in [6.45, 7) is 0. The van der Waals surface area contributed by atoms with E-state index in [4.69, 9.17) is 9.47 Å². The summed E-state index contributed by atoms with van der Waals surface area (Å²) in [6.07, 6.45) is 7.15. The number of rotatable bonds is 7. The van der Waals surface area contributed by atoms with Crippen molar-refractivity contribution in [2.45, 2.75) is 50.7 Å². The molecule has 0 radical (unpaired) electrons. The zero-order valence-corrected chi connectivity index (χ0v) is 10.7. The van der Waals surface area contributed by atoms with Crippen LogP contribution in [0.1, 0.15) is 44.9 Å². The minimum Gasteiger partial charge on any atom is -0.353 e. The molecule has 0 aromatic carbocycles. The molecule has 0 spiro atoms. The van der Waals surface area contributed by atoms with E-state index in [0.717, 1.165) is 44.7 Å². The first-order chi connectivity index (χ1) is 8.16. The number of hydrogen-bond acceptors (Lipinski definition) is 4. The van der Waals surface area contributed by atoms with Crippen LogP contribution in [0.25, 0.3) is 0 Å². The van der Waals surface area contributed by atoms with E-state index < -0.39 is 5.79 Å². The summed E-state index contributed by atoms with van der Waals surface area (Å²) in [7, 11) is 3.24. The van der Waals surface area contributed by atoms with E-state index in [1.54, 1.807) is 14.2 Å². The average molecular weight is 242 g/mol. The fourth-order valence-corrected chi connectivity index (χ4v) is 2.77. The van der Waals surface area contributed by atoms with Crippen molar-refractivity contribution in [3.8, 4) is 0 Å². The first-order valence-electron chi connectivity index (χ1n) is 6.16. The molecule has 0 unspecified atom stereocenters. The highest BCUT2D eigenvalue weighted by atomic mass is 16.7. The van der Waals surface area contributed by atoms with Gasteiger partial charge in [-0.1, -0.05) is 0 Å². The van der Waals surface area contributed by atoms with Crippen molar-refractivity contribution in [3.63, 3.8) is 0 Å². The van der Waals surface area contributed by atoms with E-state index in [0.29, 0.717) is 12.8 Å². The van der Waals surface area contributed by atoms with Gasteiger partial charge in [0.2, 0.25) is 0 Å². The molecule has 4 nitrogen and oxygen atoms in total. The molecule has 1 atom stereocenters. The number of carbonyl (C=O) groups is 2. The van der Waals surface area contributed by atoms with Gasteiger partial charge in [0.25, 0.3) is 0 Å². The predicted octanol–water partition coefficient (Wildman–Crippen LogP) is 2.10. The Balaban J connectivity index is 2.70. The molecule has 0 saturated heterocycles. The predicted molar refractivity (Wildman–Crippen MR) is 63.6 cm³/mol. The lowest BCUT2D eigenvalue weighted by Gasteiger charge is -2.43. The minimum atomic E-state index is -0.625. The lowest BCUT2D eigenvalue weighted by molar-refractivity contribution is -0.240. The zero-order chi connectivity index (χ0) is 12.8. The van der Waals surface area contributed by atoms with Crippen LogP contribution < -0.4 is 0 Å². The summed E-state index contributed by atoms with van der Waals surface area (Å²) in [5, 5.41) is 0. The van der Waals surface area contributed by atoms with Gasteiger partial charge in [-0.25, -0.2) is 0 Å². The monoisotopic (exact) mass is 242 g/mol. The fourth-order valence-electron chi connectivity index (χ4n) is 2.77. The van der Waals surface area contributed by atoms with Crippen molar-refractivity contribution < 1.29 is 19.1 Å². The number of carbonyl (C=O) groups excluding carboxylic acids is 2. The highest BCUT2D eigenvalue weighted by Gasteiger charge is 2.45. The zero-order valence-electron chi connectivity index (χ0n) is 10.7. The van der Waals surface area contributed by atoms with Gasteiger partial charge in [-0.2, -0.15) is 0 Å². The Morgan fingerprint density at radius 2 is 1.88 bits per heavy atom.